The van der Waals surface area contributed by atoms with E-state index in [9.17, 15) is 19.2 Å². The molecule has 0 saturated carbocycles. The van der Waals surface area contributed by atoms with E-state index in [2.05, 4.69) is 4.74 Å². The summed E-state index contributed by atoms with van der Waals surface area (Å²) in [6, 6.07) is 7.80. The third-order valence-electron chi connectivity index (χ3n) is 3.65. The molecular formula is C17H19N3O6. The van der Waals surface area contributed by atoms with E-state index in [1.807, 2.05) is 6.07 Å². The predicted octanol–water partition coefficient (Wildman–Crippen LogP) is 0.356. The molecule has 9 heteroatoms. The number of hydrogen-bond donors (Lipinski definition) is 1. The minimum Gasteiger partial charge on any atom is -0.468 e. The first-order valence-corrected chi connectivity index (χ1v) is 7.75. The number of nitrogens with zero attached hydrogens (tertiary/aromatic N) is 2. The number of esters is 1. The van der Waals surface area contributed by atoms with Gasteiger partial charge in [-0.25, -0.2) is 4.79 Å². The lowest BCUT2D eigenvalue weighted by Gasteiger charge is -2.34. The first-order chi connectivity index (χ1) is 12.4. The molecule has 1 heterocycles. The molecule has 26 heavy (non-hydrogen) atoms. The van der Waals surface area contributed by atoms with Gasteiger partial charge in [0.05, 0.1) is 13.5 Å². The summed E-state index contributed by atoms with van der Waals surface area (Å²) in [5, 5.41) is 0. The molecule has 0 aliphatic carbocycles. The summed E-state index contributed by atoms with van der Waals surface area (Å²) >= 11 is 0. The highest BCUT2D eigenvalue weighted by Gasteiger charge is 2.37. The van der Waals surface area contributed by atoms with Crippen LogP contribution in [0.15, 0.2) is 42.7 Å². The van der Waals surface area contributed by atoms with Crippen LogP contribution in [0.3, 0.4) is 0 Å². The summed E-state index contributed by atoms with van der Waals surface area (Å²) < 4.78 is 9.70. The lowest BCUT2D eigenvalue weighted by molar-refractivity contribution is -0.147. The van der Waals surface area contributed by atoms with Gasteiger partial charge in [-0.3, -0.25) is 19.3 Å². The second-order valence-corrected chi connectivity index (χ2v) is 5.47. The molecule has 0 spiro atoms. The Bertz CT molecular complexity index is 718. The van der Waals surface area contributed by atoms with Crippen LogP contribution in [0.5, 0.6) is 0 Å². The zero-order valence-corrected chi connectivity index (χ0v) is 14.2. The molecule has 1 aromatic rings. The van der Waals surface area contributed by atoms with E-state index < -0.39 is 36.3 Å². The maximum absolute atomic E-state index is 12.5. The van der Waals surface area contributed by atoms with Crippen molar-refractivity contribution in [3.8, 4) is 0 Å². The first-order valence-electron chi connectivity index (χ1n) is 7.75. The monoisotopic (exact) mass is 361 g/mol. The number of primary amides is 1. The minimum atomic E-state index is -1.19. The number of carbonyl (C=O) groups is 4. The number of amides is 3. The van der Waals surface area contributed by atoms with E-state index in [1.165, 1.54) is 19.5 Å². The fourth-order valence-corrected chi connectivity index (χ4v) is 2.33. The van der Waals surface area contributed by atoms with E-state index in [0.717, 1.165) is 15.4 Å². The van der Waals surface area contributed by atoms with Gasteiger partial charge < -0.3 is 20.1 Å². The Kier molecular flexibility index (Phi) is 6.31. The normalized spacial score (nSPS) is 16.3. The fourth-order valence-electron chi connectivity index (χ4n) is 2.33. The number of rotatable bonds is 6. The van der Waals surface area contributed by atoms with E-state index >= 15 is 0 Å². The Labute approximate surface area is 149 Å². The topological polar surface area (TPSA) is 119 Å². The average molecular weight is 361 g/mol. The fraction of sp³-hybridized carbons (Fsp3) is 0.294. The highest BCUT2D eigenvalue weighted by Crippen LogP contribution is 2.18. The Hall–Kier alpha value is -3.36. The third-order valence-corrected chi connectivity index (χ3v) is 3.65. The van der Waals surface area contributed by atoms with Gasteiger partial charge >= 0.3 is 12.1 Å². The van der Waals surface area contributed by atoms with E-state index in [-0.39, 0.29) is 13.2 Å². The number of hydrogen-bond acceptors (Lipinski definition) is 6. The SMILES string of the molecule is COC(=O)CN1C=CN(C(=O)OCc2ccccc2)[C@@H](CC(N)=O)C1=O. The number of carbonyl (C=O) groups excluding carboxylic acids is 4. The number of methoxy groups -OCH3 is 1. The Balaban J connectivity index is 2.12. The molecule has 0 unspecified atom stereocenters. The van der Waals surface area contributed by atoms with Gasteiger partial charge in [-0.1, -0.05) is 30.3 Å². The third kappa shape index (κ3) is 4.82. The zero-order valence-electron chi connectivity index (χ0n) is 14.2. The van der Waals surface area contributed by atoms with Crippen molar-refractivity contribution in [1.82, 2.24) is 9.80 Å². The maximum atomic E-state index is 12.5. The lowest BCUT2D eigenvalue weighted by Crippen LogP contribution is -2.53. The lowest BCUT2D eigenvalue weighted by atomic mass is 10.1. The molecule has 3 amide bonds. The molecule has 2 N–H and O–H groups in total. The van der Waals surface area contributed by atoms with Crippen LogP contribution in [-0.4, -0.2) is 53.4 Å². The van der Waals surface area contributed by atoms with Gasteiger partial charge in [-0.2, -0.15) is 0 Å². The molecular weight excluding hydrogens is 342 g/mol. The predicted molar refractivity (Wildman–Crippen MR) is 88.9 cm³/mol. The van der Waals surface area contributed by atoms with Crippen molar-refractivity contribution in [1.29, 1.82) is 0 Å². The van der Waals surface area contributed by atoms with Gasteiger partial charge in [-0.15, -0.1) is 0 Å². The molecule has 0 bridgehead atoms. The molecule has 1 atom stereocenters. The molecule has 0 aromatic heterocycles. The van der Waals surface area contributed by atoms with E-state index in [0.29, 0.717) is 0 Å². The van der Waals surface area contributed by atoms with Gasteiger partial charge in [0.25, 0.3) is 5.91 Å². The van der Waals surface area contributed by atoms with Crippen molar-refractivity contribution < 1.29 is 28.7 Å². The van der Waals surface area contributed by atoms with Crippen LogP contribution in [0.4, 0.5) is 4.79 Å². The molecule has 1 aromatic carbocycles. The molecule has 1 aliphatic rings. The quantitative estimate of drug-likeness (QED) is 0.731. The van der Waals surface area contributed by atoms with Crippen LogP contribution in [0.2, 0.25) is 0 Å². The Morgan fingerprint density at radius 2 is 1.85 bits per heavy atom. The minimum absolute atomic E-state index is 0.00731. The Morgan fingerprint density at radius 1 is 1.15 bits per heavy atom. The number of ether oxygens (including phenoxy) is 2. The summed E-state index contributed by atoms with van der Waals surface area (Å²) in [5.41, 5.74) is 5.95. The van der Waals surface area contributed by atoms with Crippen molar-refractivity contribution in [2.75, 3.05) is 13.7 Å². The zero-order chi connectivity index (χ0) is 19.1. The molecule has 0 fully saturated rings. The highest BCUT2D eigenvalue weighted by atomic mass is 16.6. The molecule has 9 nitrogen and oxygen atoms in total. The van der Waals surface area contributed by atoms with Crippen molar-refractivity contribution in [3.05, 3.63) is 48.3 Å². The number of benzene rings is 1. The summed E-state index contributed by atoms with van der Waals surface area (Å²) in [4.78, 5) is 49.6. The van der Waals surface area contributed by atoms with Crippen LogP contribution >= 0.6 is 0 Å². The second kappa shape index (κ2) is 8.65. The smallest absolute Gasteiger partial charge is 0.414 e. The first kappa shape index (κ1) is 19.0. The van der Waals surface area contributed by atoms with Crippen molar-refractivity contribution in [3.63, 3.8) is 0 Å². The van der Waals surface area contributed by atoms with Gasteiger partial charge in [0.1, 0.15) is 19.2 Å². The van der Waals surface area contributed by atoms with Crippen molar-refractivity contribution in [2.24, 2.45) is 5.73 Å². The van der Waals surface area contributed by atoms with Crippen LogP contribution in [0.25, 0.3) is 0 Å². The van der Waals surface area contributed by atoms with Crippen molar-refractivity contribution in [2.45, 2.75) is 19.1 Å². The largest absolute Gasteiger partial charge is 0.468 e. The van der Waals surface area contributed by atoms with Crippen LogP contribution < -0.4 is 5.73 Å². The second-order valence-electron chi connectivity index (χ2n) is 5.47. The average Bonchev–Trinajstić information content (AvgIpc) is 2.63. The van der Waals surface area contributed by atoms with Gasteiger partial charge in [-0.05, 0) is 5.56 Å². The summed E-state index contributed by atoms with van der Waals surface area (Å²) in [5.74, 6) is -2.04. The molecule has 0 radical (unpaired) electrons. The summed E-state index contributed by atoms with van der Waals surface area (Å²) in [6.07, 6.45) is 1.31. The van der Waals surface area contributed by atoms with E-state index in [1.54, 1.807) is 24.3 Å². The van der Waals surface area contributed by atoms with Crippen LogP contribution in [0.1, 0.15) is 12.0 Å². The maximum Gasteiger partial charge on any atom is 0.414 e. The number of nitrogens with two attached hydrogens (primary N) is 1. The molecule has 1 aliphatic heterocycles. The van der Waals surface area contributed by atoms with Crippen LogP contribution in [0, 0.1) is 0 Å². The van der Waals surface area contributed by atoms with Gasteiger partial charge in [0.15, 0.2) is 0 Å². The van der Waals surface area contributed by atoms with Crippen LogP contribution in [-0.2, 0) is 30.5 Å². The van der Waals surface area contributed by atoms with E-state index in [4.69, 9.17) is 10.5 Å². The molecule has 138 valence electrons. The van der Waals surface area contributed by atoms with Gasteiger partial charge in [0, 0.05) is 12.4 Å². The van der Waals surface area contributed by atoms with Gasteiger partial charge in [0.2, 0.25) is 5.91 Å². The van der Waals surface area contributed by atoms with Crippen molar-refractivity contribution >= 4 is 23.9 Å². The summed E-state index contributed by atoms with van der Waals surface area (Å²) in [6.45, 7) is -0.332. The Morgan fingerprint density at radius 3 is 2.46 bits per heavy atom. The molecule has 0 saturated heterocycles. The summed E-state index contributed by atoms with van der Waals surface area (Å²) in [7, 11) is 1.19. The standard InChI is InChI=1S/C17H19N3O6/c1-25-15(22)10-19-7-8-20(13(16(19)23)9-14(18)21)17(24)26-11-12-5-3-2-4-6-12/h2-8,13H,9-11H2,1H3,(H2,18,21)/t13-/m0/s1. The molecule has 2 rings (SSSR count). The highest BCUT2D eigenvalue weighted by molar-refractivity contribution is 5.94.